The number of imidazole rings is 1. The van der Waals surface area contributed by atoms with E-state index in [1.165, 1.54) is 0 Å². The average molecular weight is 343 g/mol. The highest BCUT2D eigenvalue weighted by atomic mass is 79.9. The summed E-state index contributed by atoms with van der Waals surface area (Å²) in [4.78, 5) is 4.41. The van der Waals surface area contributed by atoms with Gasteiger partial charge in [0.05, 0.1) is 28.9 Å². The Morgan fingerprint density at radius 1 is 1.32 bits per heavy atom. The van der Waals surface area contributed by atoms with Gasteiger partial charge >= 0.3 is 0 Å². The molecule has 1 fully saturated rings. The second kappa shape index (κ2) is 4.31. The minimum absolute atomic E-state index is 0.166. The minimum Gasteiger partial charge on any atom is -0.325 e. The lowest BCUT2D eigenvalue weighted by molar-refractivity contribution is 0.294. The molecule has 0 unspecified atom stereocenters. The van der Waals surface area contributed by atoms with Gasteiger partial charge in [-0.15, -0.1) is 0 Å². The Balaban J connectivity index is 2.07. The Hall–Kier alpha value is -0.880. The Labute approximate surface area is 120 Å². The van der Waals surface area contributed by atoms with Gasteiger partial charge in [-0.3, -0.25) is 0 Å². The summed E-state index contributed by atoms with van der Waals surface area (Å²) >= 11 is 3.47. The number of nitrogens with zero attached hydrogens (tertiary/aromatic N) is 2. The first-order valence-electron chi connectivity index (χ1n) is 6.23. The van der Waals surface area contributed by atoms with Gasteiger partial charge in [-0.1, -0.05) is 15.9 Å². The molecular formula is C13H15BrN2O2S. The van der Waals surface area contributed by atoms with E-state index in [2.05, 4.69) is 32.4 Å². The number of aromatic nitrogens is 2. The summed E-state index contributed by atoms with van der Waals surface area (Å²) < 4.78 is 26.3. The fraction of sp³-hybridized carbons (Fsp3) is 0.462. The molecule has 1 aliphatic rings. The van der Waals surface area contributed by atoms with Crippen LogP contribution in [0.1, 0.15) is 19.8 Å². The van der Waals surface area contributed by atoms with E-state index in [-0.39, 0.29) is 17.0 Å². The van der Waals surface area contributed by atoms with Gasteiger partial charge in [0.2, 0.25) is 0 Å². The van der Waals surface area contributed by atoms with Crippen molar-refractivity contribution in [2.45, 2.75) is 25.3 Å². The molecule has 0 N–H and O–H groups in total. The lowest BCUT2D eigenvalue weighted by atomic mass is 9.94. The molecule has 0 amide bonds. The number of rotatable bonds is 1. The molecule has 0 aliphatic carbocycles. The van der Waals surface area contributed by atoms with Crippen molar-refractivity contribution in [3.63, 3.8) is 0 Å². The molecule has 1 aromatic carbocycles. The van der Waals surface area contributed by atoms with Gasteiger partial charge in [0.1, 0.15) is 9.84 Å². The summed E-state index contributed by atoms with van der Waals surface area (Å²) in [6.45, 7) is 2.11. The van der Waals surface area contributed by atoms with Crippen LogP contribution in [0.4, 0.5) is 0 Å². The van der Waals surface area contributed by atoms with E-state index in [9.17, 15) is 8.42 Å². The van der Waals surface area contributed by atoms with Crippen LogP contribution in [0.15, 0.2) is 29.0 Å². The number of benzene rings is 1. The van der Waals surface area contributed by atoms with Crippen molar-refractivity contribution in [1.29, 1.82) is 0 Å². The number of hydrogen-bond donors (Lipinski definition) is 0. The van der Waals surface area contributed by atoms with Crippen molar-refractivity contribution in [2.24, 2.45) is 0 Å². The summed E-state index contributed by atoms with van der Waals surface area (Å²) in [6.07, 6.45) is 3.12. The zero-order valence-electron chi connectivity index (χ0n) is 10.6. The standard InChI is InChI=1S/C13H15BrN2O2S/c1-13(4-6-19(17,18)7-5-13)16-9-15-11-3-2-10(14)8-12(11)16/h2-3,8-9H,4-7H2,1H3. The fourth-order valence-corrected chi connectivity index (χ4v) is 4.68. The zero-order chi connectivity index (χ0) is 13.7. The van der Waals surface area contributed by atoms with Crippen LogP contribution in [0, 0.1) is 0 Å². The second-order valence-corrected chi connectivity index (χ2v) is 8.62. The van der Waals surface area contributed by atoms with Gasteiger partial charge in [-0.05, 0) is 38.0 Å². The van der Waals surface area contributed by atoms with Gasteiger partial charge in [0.25, 0.3) is 0 Å². The van der Waals surface area contributed by atoms with E-state index in [0.717, 1.165) is 15.5 Å². The Kier molecular flexibility index (Phi) is 2.98. The number of sulfone groups is 1. The third kappa shape index (κ3) is 2.31. The highest BCUT2D eigenvalue weighted by molar-refractivity contribution is 9.10. The molecule has 1 aliphatic heterocycles. The maximum absolute atomic E-state index is 11.6. The van der Waals surface area contributed by atoms with Gasteiger partial charge in [0, 0.05) is 10.0 Å². The number of hydrogen-bond acceptors (Lipinski definition) is 3. The van der Waals surface area contributed by atoms with Crippen LogP contribution in [0.3, 0.4) is 0 Å². The Morgan fingerprint density at radius 2 is 2.00 bits per heavy atom. The van der Waals surface area contributed by atoms with E-state index in [4.69, 9.17) is 0 Å². The minimum atomic E-state index is -2.85. The van der Waals surface area contributed by atoms with E-state index in [1.807, 2.05) is 24.5 Å². The zero-order valence-corrected chi connectivity index (χ0v) is 13.0. The summed E-state index contributed by atoms with van der Waals surface area (Å²) in [5.41, 5.74) is 1.83. The van der Waals surface area contributed by atoms with Gasteiger partial charge < -0.3 is 4.57 Å². The van der Waals surface area contributed by atoms with Crippen molar-refractivity contribution in [2.75, 3.05) is 11.5 Å². The molecule has 0 bridgehead atoms. The molecule has 0 radical (unpaired) electrons. The molecule has 4 nitrogen and oxygen atoms in total. The smallest absolute Gasteiger partial charge is 0.150 e. The molecule has 2 heterocycles. The van der Waals surface area contributed by atoms with Gasteiger partial charge in [-0.2, -0.15) is 0 Å². The SMILES string of the molecule is CC1(n2cnc3ccc(Br)cc32)CCS(=O)(=O)CC1. The largest absolute Gasteiger partial charge is 0.325 e. The van der Waals surface area contributed by atoms with Crippen molar-refractivity contribution in [3.8, 4) is 0 Å². The van der Waals surface area contributed by atoms with E-state index < -0.39 is 9.84 Å². The maximum Gasteiger partial charge on any atom is 0.150 e. The van der Waals surface area contributed by atoms with Gasteiger partial charge in [0.15, 0.2) is 0 Å². The molecule has 3 rings (SSSR count). The highest BCUT2D eigenvalue weighted by Crippen LogP contribution is 2.34. The van der Waals surface area contributed by atoms with Crippen molar-refractivity contribution in [1.82, 2.24) is 9.55 Å². The van der Waals surface area contributed by atoms with E-state index in [0.29, 0.717) is 12.8 Å². The summed E-state index contributed by atoms with van der Waals surface area (Å²) in [6, 6.07) is 5.98. The molecule has 1 aromatic heterocycles. The fourth-order valence-electron chi connectivity index (χ4n) is 2.63. The maximum atomic E-state index is 11.6. The lowest BCUT2D eigenvalue weighted by Crippen LogP contribution is -2.39. The predicted molar refractivity (Wildman–Crippen MR) is 79.0 cm³/mol. The third-order valence-corrected chi connectivity index (χ3v) is 6.14. The monoisotopic (exact) mass is 342 g/mol. The van der Waals surface area contributed by atoms with Crippen molar-refractivity contribution in [3.05, 3.63) is 29.0 Å². The third-order valence-electron chi connectivity index (χ3n) is 3.99. The molecule has 0 spiro atoms. The predicted octanol–water partition coefficient (Wildman–Crippen LogP) is 2.72. The molecule has 102 valence electrons. The normalized spacial score (nSPS) is 21.6. The first kappa shape index (κ1) is 13.1. The first-order chi connectivity index (χ1) is 8.90. The molecule has 2 aromatic rings. The topological polar surface area (TPSA) is 52.0 Å². The van der Waals surface area contributed by atoms with Gasteiger partial charge in [-0.25, -0.2) is 13.4 Å². The van der Waals surface area contributed by atoms with Crippen molar-refractivity contribution >= 4 is 36.8 Å². The molecule has 6 heteroatoms. The molecule has 1 saturated heterocycles. The van der Waals surface area contributed by atoms with E-state index in [1.54, 1.807) is 0 Å². The molecule has 0 atom stereocenters. The quantitative estimate of drug-likeness (QED) is 0.800. The molecule has 19 heavy (non-hydrogen) atoms. The molecular weight excluding hydrogens is 328 g/mol. The molecule has 0 saturated carbocycles. The van der Waals surface area contributed by atoms with Crippen LogP contribution >= 0.6 is 15.9 Å². The van der Waals surface area contributed by atoms with Crippen LogP contribution in [0.25, 0.3) is 11.0 Å². The van der Waals surface area contributed by atoms with Crippen LogP contribution < -0.4 is 0 Å². The summed E-state index contributed by atoms with van der Waals surface area (Å²) in [5.74, 6) is 0.522. The Morgan fingerprint density at radius 3 is 2.68 bits per heavy atom. The van der Waals surface area contributed by atoms with Crippen molar-refractivity contribution < 1.29 is 8.42 Å². The number of halogens is 1. The van der Waals surface area contributed by atoms with E-state index >= 15 is 0 Å². The van der Waals surface area contributed by atoms with Crippen LogP contribution in [-0.2, 0) is 15.4 Å². The highest BCUT2D eigenvalue weighted by Gasteiger charge is 2.35. The van der Waals surface area contributed by atoms with Crippen LogP contribution in [0.5, 0.6) is 0 Å². The van der Waals surface area contributed by atoms with Crippen LogP contribution in [0.2, 0.25) is 0 Å². The average Bonchev–Trinajstić information content (AvgIpc) is 2.77. The summed E-state index contributed by atoms with van der Waals surface area (Å²) in [5, 5.41) is 0. The first-order valence-corrected chi connectivity index (χ1v) is 8.85. The second-order valence-electron chi connectivity index (χ2n) is 5.40. The van der Waals surface area contributed by atoms with Crippen LogP contribution in [-0.4, -0.2) is 29.5 Å². The number of fused-ring (bicyclic) bond motifs is 1. The summed E-state index contributed by atoms with van der Waals surface area (Å²) in [7, 11) is -2.85. The lowest BCUT2D eigenvalue weighted by Gasteiger charge is -2.35. The Bertz CT molecular complexity index is 722.